The Balaban J connectivity index is 1.39. The molecule has 39 heavy (non-hydrogen) atoms. The summed E-state index contributed by atoms with van der Waals surface area (Å²) in [5, 5.41) is 6.21. The standard InChI is InChI=1S/C30H42N4O5/c1-4-5-17-33(2)18-19-34-26(28(36)32-20-9-7-6-8-10-20)30-16-15-23(39-30)24(25(30)29(34)37)27(35)31-21-11-13-22(38-3)14-12-21/h11-16,20,23-26H,4-10,17-19H2,1-3H3,(H,31,35)(H,32,36)/t23-,24-,25+,26?,30+/m0/s1. The zero-order valence-corrected chi connectivity index (χ0v) is 23.4. The van der Waals surface area contributed by atoms with Crippen molar-refractivity contribution < 1.29 is 23.9 Å². The van der Waals surface area contributed by atoms with E-state index in [-0.39, 0.29) is 23.8 Å². The van der Waals surface area contributed by atoms with Crippen molar-refractivity contribution in [2.75, 3.05) is 39.1 Å². The van der Waals surface area contributed by atoms with Gasteiger partial charge in [0.1, 0.15) is 17.4 Å². The van der Waals surface area contributed by atoms with Gasteiger partial charge in [-0.2, -0.15) is 0 Å². The molecule has 5 rings (SSSR count). The second-order valence-electron chi connectivity index (χ2n) is 11.5. The van der Waals surface area contributed by atoms with Crippen LogP contribution in [-0.2, 0) is 19.1 Å². The third kappa shape index (κ3) is 5.31. The monoisotopic (exact) mass is 538 g/mol. The number of methoxy groups -OCH3 is 1. The van der Waals surface area contributed by atoms with Crippen molar-refractivity contribution in [3.8, 4) is 5.75 Å². The van der Waals surface area contributed by atoms with Gasteiger partial charge in [0.25, 0.3) is 0 Å². The molecule has 1 unspecified atom stereocenters. The molecule has 0 radical (unpaired) electrons. The van der Waals surface area contributed by atoms with Crippen LogP contribution in [0.3, 0.4) is 0 Å². The van der Waals surface area contributed by atoms with Crippen molar-refractivity contribution in [2.45, 2.75) is 75.7 Å². The molecule has 1 aliphatic carbocycles. The molecule has 0 aromatic heterocycles. The number of nitrogens with one attached hydrogen (secondary N) is 2. The van der Waals surface area contributed by atoms with Crippen LogP contribution in [0.4, 0.5) is 5.69 Å². The number of nitrogens with zero attached hydrogens (tertiary/aromatic N) is 2. The van der Waals surface area contributed by atoms with Crippen LogP contribution in [0, 0.1) is 11.8 Å². The molecule has 1 spiro atoms. The Hall–Kier alpha value is -2.91. The average molecular weight is 539 g/mol. The maximum absolute atomic E-state index is 14.1. The van der Waals surface area contributed by atoms with Crippen molar-refractivity contribution in [1.82, 2.24) is 15.1 Å². The Labute approximate surface area is 231 Å². The van der Waals surface area contributed by atoms with E-state index in [2.05, 4.69) is 22.5 Å². The Kier molecular flexibility index (Phi) is 8.28. The van der Waals surface area contributed by atoms with E-state index in [1.165, 1.54) is 6.42 Å². The lowest BCUT2D eigenvalue weighted by molar-refractivity contribution is -0.141. The first-order chi connectivity index (χ1) is 18.9. The SMILES string of the molecule is CCCCN(C)CCN1C(=O)[C@H]2[C@@H](C(=O)Nc3ccc(OC)cc3)[C@@H]3C=C[C@]2(O3)C1C(=O)NC1CCCCC1. The second kappa shape index (κ2) is 11.7. The van der Waals surface area contributed by atoms with Gasteiger partial charge in [0, 0.05) is 24.8 Å². The fourth-order valence-corrected chi connectivity index (χ4v) is 6.75. The lowest BCUT2D eigenvalue weighted by Crippen LogP contribution is -2.57. The first kappa shape index (κ1) is 27.6. The van der Waals surface area contributed by atoms with Gasteiger partial charge in [-0.1, -0.05) is 44.8 Å². The highest BCUT2D eigenvalue weighted by Crippen LogP contribution is 2.55. The Morgan fingerprint density at radius 2 is 1.87 bits per heavy atom. The molecule has 212 valence electrons. The zero-order valence-electron chi connectivity index (χ0n) is 23.4. The van der Waals surface area contributed by atoms with Gasteiger partial charge in [0.05, 0.1) is 25.0 Å². The van der Waals surface area contributed by atoms with E-state index in [1.807, 2.05) is 19.2 Å². The molecular weight excluding hydrogens is 496 g/mol. The van der Waals surface area contributed by atoms with Crippen LogP contribution in [0.25, 0.3) is 0 Å². The fourth-order valence-electron chi connectivity index (χ4n) is 6.75. The Bertz CT molecular complexity index is 1090. The normalized spacial score (nSPS) is 29.6. The number of carbonyl (C=O) groups excluding carboxylic acids is 3. The largest absolute Gasteiger partial charge is 0.497 e. The number of likely N-dealkylation sites (N-methyl/N-ethyl adjacent to an activating group) is 1. The van der Waals surface area contributed by atoms with Gasteiger partial charge in [-0.3, -0.25) is 14.4 Å². The van der Waals surface area contributed by atoms with E-state index >= 15 is 0 Å². The van der Waals surface area contributed by atoms with Gasteiger partial charge in [0.15, 0.2) is 0 Å². The molecule has 3 amide bonds. The highest BCUT2D eigenvalue weighted by molar-refractivity contribution is 6.02. The topological polar surface area (TPSA) is 100 Å². The maximum Gasteiger partial charge on any atom is 0.246 e. The zero-order chi connectivity index (χ0) is 27.6. The number of rotatable bonds is 11. The number of unbranched alkanes of at least 4 members (excludes halogenated alkanes) is 1. The summed E-state index contributed by atoms with van der Waals surface area (Å²) < 4.78 is 11.7. The molecule has 4 aliphatic rings. The molecule has 5 atom stereocenters. The first-order valence-electron chi connectivity index (χ1n) is 14.5. The number of amides is 3. The van der Waals surface area contributed by atoms with E-state index in [1.54, 1.807) is 36.3 Å². The minimum atomic E-state index is -1.13. The second-order valence-corrected chi connectivity index (χ2v) is 11.5. The van der Waals surface area contributed by atoms with Gasteiger partial charge in [-0.05, 0) is 57.1 Å². The highest BCUT2D eigenvalue weighted by Gasteiger charge is 2.72. The van der Waals surface area contributed by atoms with E-state index in [9.17, 15) is 14.4 Å². The number of likely N-dealkylation sites (tertiary alicyclic amines) is 1. The Morgan fingerprint density at radius 3 is 2.56 bits per heavy atom. The van der Waals surface area contributed by atoms with Crippen molar-refractivity contribution in [1.29, 1.82) is 0 Å². The molecule has 2 saturated heterocycles. The number of ether oxygens (including phenoxy) is 2. The predicted molar refractivity (Wildman–Crippen MR) is 148 cm³/mol. The summed E-state index contributed by atoms with van der Waals surface area (Å²) in [7, 11) is 3.63. The quantitative estimate of drug-likeness (QED) is 0.420. The van der Waals surface area contributed by atoms with Gasteiger partial charge in [-0.15, -0.1) is 0 Å². The van der Waals surface area contributed by atoms with Crippen molar-refractivity contribution in [3.05, 3.63) is 36.4 Å². The molecule has 1 aromatic rings. The number of carbonyl (C=O) groups is 3. The van der Waals surface area contributed by atoms with Crippen LogP contribution < -0.4 is 15.4 Å². The van der Waals surface area contributed by atoms with Crippen LogP contribution in [0.5, 0.6) is 5.75 Å². The summed E-state index contributed by atoms with van der Waals surface area (Å²) in [6.07, 6.45) is 10.7. The lowest BCUT2D eigenvalue weighted by atomic mass is 9.74. The van der Waals surface area contributed by atoms with Crippen LogP contribution in [-0.4, -0.2) is 85.1 Å². The van der Waals surface area contributed by atoms with Crippen LogP contribution in [0.15, 0.2) is 36.4 Å². The van der Waals surface area contributed by atoms with Gasteiger partial charge in [-0.25, -0.2) is 0 Å². The van der Waals surface area contributed by atoms with Crippen molar-refractivity contribution >= 4 is 23.4 Å². The molecule has 2 bridgehead atoms. The Morgan fingerprint density at radius 1 is 1.13 bits per heavy atom. The number of benzene rings is 1. The summed E-state index contributed by atoms with van der Waals surface area (Å²) in [6, 6.07) is 6.41. The number of anilines is 1. The van der Waals surface area contributed by atoms with Crippen molar-refractivity contribution in [3.63, 3.8) is 0 Å². The number of hydrogen-bond acceptors (Lipinski definition) is 6. The maximum atomic E-state index is 14.1. The molecule has 2 N–H and O–H groups in total. The first-order valence-corrected chi connectivity index (χ1v) is 14.5. The average Bonchev–Trinajstić information content (AvgIpc) is 3.59. The van der Waals surface area contributed by atoms with Crippen LogP contribution in [0.2, 0.25) is 0 Å². The molecule has 9 heteroatoms. The van der Waals surface area contributed by atoms with Gasteiger partial charge < -0.3 is 29.9 Å². The number of hydrogen-bond donors (Lipinski definition) is 2. The summed E-state index contributed by atoms with van der Waals surface area (Å²) >= 11 is 0. The van der Waals surface area contributed by atoms with Gasteiger partial charge >= 0.3 is 0 Å². The fraction of sp³-hybridized carbons (Fsp3) is 0.633. The molecule has 9 nitrogen and oxygen atoms in total. The molecule has 1 aromatic carbocycles. The molecular formula is C30H42N4O5. The third-order valence-corrected chi connectivity index (χ3v) is 8.85. The lowest BCUT2D eigenvalue weighted by Gasteiger charge is -2.34. The minimum absolute atomic E-state index is 0.114. The van der Waals surface area contributed by atoms with E-state index in [4.69, 9.17) is 9.47 Å². The van der Waals surface area contributed by atoms with Crippen LogP contribution >= 0.6 is 0 Å². The summed E-state index contributed by atoms with van der Waals surface area (Å²) in [5.74, 6) is -1.38. The van der Waals surface area contributed by atoms with Gasteiger partial charge in [0.2, 0.25) is 17.7 Å². The summed E-state index contributed by atoms with van der Waals surface area (Å²) in [5.41, 5.74) is -0.516. The number of fused-ring (bicyclic) bond motifs is 1. The molecule has 3 fully saturated rings. The van der Waals surface area contributed by atoms with E-state index < -0.39 is 29.6 Å². The third-order valence-electron chi connectivity index (χ3n) is 8.85. The van der Waals surface area contributed by atoms with E-state index in [0.717, 1.165) is 45.1 Å². The minimum Gasteiger partial charge on any atom is -0.497 e. The predicted octanol–water partition coefficient (Wildman–Crippen LogP) is 2.97. The van der Waals surface area contributed by atoms with E-state index in [0.29, 0.717) is 24.5 Å². The summed E-state index contributed by atoms with van der Waals surface area (Å²) in [4.78, 5) is 45.4. The molecule has 3 aliphatic heterocycles. The van der Waals surface area contributed by atoms with Crippen LogP contribution in [0.1, 0.15) is 51.9 Å². The van der Waals surface area contributed by atoms with Crippen molar-refractivity contribution in [2.24, 2.45) is 11.8 Å². The molecule has 1 saturated carbocycles. The molecule has 3 heterocycles. The smallest absolute Gasteiger partial charge is 0.246 e. The highest BCUT2D eigenvalue weighted by atomic mass is 16.5. The summed E-state index contributed by atoms with van der Waals surface area (Å²) in [6.45, 7) is 4.14.